The number of nitrogens with two attached hydrogens (primary N) is 1. The Labute approximate surface area is 97.3 Å². The molecule has 0 fully saturated rings. The Bertz CT molecular complexity index is 419. The number of anilines is 1. The van der Waals surface area contributed by atoms with Crippen molar-refractivity contribution in [3.05, 3.63) is 72.4 Å². The van der Waals surface area contributed by atoms with Gasteiger partial charge >= 0.3 is 0 Å². The number of rotatable bonds is 4. The van der Waals surface area contributed by atoms with Crippen LogP contribution >= 0.6 is 0 Å². The van der Waals surface area contributed by atoms with Crippen LogP contribution in [-0.2, 0) is 0 Å². The molecule has 1 aromatic carbocycles. The maximum atomic E-state index is 5.62. The van der Waals surface area contributed by atoms with Crippen LogP contribution in [-0.4, -0.2) is 0 Å². The van der Waals surface area contributed by atoms with Crippen molar-refractivity contribution in [1.82, 2.24) is 0 Å². The van der Waals surface area contributed by atoms with Crippen LogP contribution in [0.25, 0.3) is 6.08 Å². The summed E-state index contributed by atoms with van der Waals surface area (Å²) in [7, 11) is 0. The normalized spacial score (nSPS) is 12.4. The van der Waals surface area contributed by atoms with Crippen LogP contribution in [0.15, 0.2) is 66.8 Å². The molecule has 2 N–H and O–H groups in total. The van der Waals surface area contributed by atoms with Gasteiger partial charge in [-0.05, 0) is 30.2 Å². The quantitative estimate of drug-likeness (QED) is 0.592. The molecule has 1 nitrogen and oxygen atoms in total. The van der Waals surface area contributed by atoms with Crippen molar-refractivity contribution in [2.24, 2.45) is 0 Å². The van der Waals surface area contributed by atoms with Crippen molar-refractivity contribution in [2.75, 3.05) is 5.73 Å². The highest BCUT2D eigenvalue weighted by Crippen LogP contribution is 2.09. The van der Waals surface area contributed by atoms with E-state index in [0.717, 1.165) is 16.8 Å². The molecule has 0 aromatic heterocycles. The average Bonchev–Trinajstić information content (AvgIpc) is 2.29. The molecule has 1 rings (SSSR count). The van der Waals surface area contributed by atoms with Crippen LogP contribution < -0.4 is 5.73 Å². The predicted molar refractivity (Wildman–Crippen MR) is 73.0 cm³/mol. The van der Waals surface area contributed by atoms with Crippen molar-refractivity contribution >= 4 is 11.8 Å². The van der Waals surface area contributed by atoms with E-state index in [2.05, 4.69) is 12.7 Å². The third kappa shape index (κ3) is 4.01. The van der Waals surface area contributed by atoms with Crippen molar-refractivity contribution in [1.29, 1.82) is 0 Å². The van der Waals surface area contributed by atoms with Gasteiger partial charge in [-0.2, -0.15) is 0 Å². The van der Waals surface area contributed by atoms with Gasteiger partial charge in [0.25, 0.3) is 0 Å². The van der Waals surface area contributed by atoms with Gasteiger partial charge in [0.2, 0.25) is 0 Å². The zero-order valence-corrected chi connectivity index (χ0v) is 9.56. The molecule has 0 bridgehead atoms. The van der Waals surface area contributed by atoms with Gasteiger partial charge in [0.15, 0.2) is 0 Å². The fraction of sp³-hybridized carbons (Fsp3) is 0.0667. The minimum absolute atomic E-state index is 0.785. The van der Waals surface area contributed by atoms with Crippen molar-refractivity contribution in [3.8, 4) is 0 Å². The lowest BCUT2D eigenvalue weighted by Crippen LogP contribution is -1.82. The molecule has 0 aliphatic rings. The minimum atomic E-state index is 0.785. The summed E-state index contributed by atoms with van der Waals surface area (Å²) >= 11 is 0. The molecule has 0 spiro atoms. The van der Waals surface area contributed by atoms with Crippen LogP contribution in [0.5, 0.6) is 0 Å². The first-order chi connectivity index (χ1) is 7.76. The van der Waals surface area contributed by atoms with E-state index in [1.165, 1.54) is 0 Å². The number of hydrogen-bond acceptors (Lipinski definition) is 1. The van der Waals surface area contributed by atoms with E-state index < -0.39 is 0 Å². The van der Waals surface area contributed by atoms with Crippen LogP contribution in [0.4, 0.5) is 5.69 Å². The molecule has 1 aromatic rings. The first kappa shape index (κ1) is 12.1. The van der Waals surface area contributed by atoms with E-state index in [1.54, 1.807) is 6.08 Å². The summed E-state index contributed by atoms with van der Waals surface area (Å²) in [5, 5.41) is 0. The first-order valence-corrected chi connectivity index (χ1v) is 5.25. The number of allylic oxidation sites excluding steroid dienone is 6. The second-order valence-electron chi connectivity index (χ2n) is 3.40. The predicted octanol–water partition coefficient (Wildman–Crippen LogP) is 3.97. The van der Waals surface area contributed by atoms with E-state index in [0.29, 0.717) is 0 Å². The van der Waals surface area contributed by atoms with Gasteiger partial charge in [0, 0.05) is 5.69 Å². The Morgan fingerprint density at radius 3 is 2.44 bits per heavy atom. The van der Waals surface area contributed by atoms with Crippen molar-refractivity contribution in [3.63, 3.8) is 0 Å². The van der Waals surface area contributed by atoms with Crippen LogP contribution in [0, 0.1) is 0 Å². The second kappa shape index (κ2) is 6.46. The van der Waals surface area contributed by atoms with Crippen LogP contribution in [0.3, 0.4) is 0 Å². The fourth-order valence-corrected chi connectivity index (χ4v) is 1.29. The maximum Gasteiger partial charge on any atom is 0.0314 e. The minimum Gasteiger partial charge on any atom is -0.399 e. The van der Waals surface area contributed by atoms with Gasteiger partial charge in [0.1, 0.15) is 0 Å². The van der Waals surface area contributed by atoms with E-state index in [4.69, 9.17) is 5.73 Å². The summed E-state index contributed by atoms with van der Waals surface area (Å²) in [5.41, 5.74) is 8.66. The molecule has 0 saturated carbocycles. The summed E-state index contributed by atoms with van der Waals surface area (Å²) in [6.07, 6.45) is 11.9. The Hall–Kier alpha value is -2.02. The molecular weight excluding hydrogens is 194 g/mol. The standard InChI is InChI=1S/C15H17N/c1-3-5-13(6-4-2)7-8-14-9-11-15(16)12-10-14/h3-12H,1,16H2,2H3/b6-4-,8-7-,13-5+. The summed E-state index contributed by atoms with van der Waals surface area (Å²) < 4.78 is 0. The lowest BCUT2D eigenvalue weighted by atomic mass is 10.1. The molecule has 16 heavy (non-hydrogen) atoms. The molecule has 1 heteroatoms. The summed E-state index contributed by atoms with van der Waals surface area (Å²) in [6.45, 7) is 5.68. The van der Waals surface area contributed by atoms with Gasteiger partial charge in [-0.1, -0.05) is 55.2 Å². The molecular formula is C15H17N. The SMILES string of the molecule is C=C/C=C(\C=C/C)/C=C\c1ccc(N)cc1. The summed E-state index contributed by atoms with van der Waals surface area (Å²) in [4.78, 5) is 0. The third-order valence-corrected chi connectivity index (χ3v) is 2.07. The molecule has 0 atom stereocenters. The molecule has 0 heterocycles. The van der Waals surface area contributed by atoms with Gasteiger partial charge < -0.3 is 5.73 Å². The topological polar surface area (TPSA) is 26.0 Å². The van der Waals surface area contributed by atoms with E-state index in [9.17, 15) is 0 Å². The van der Waals surface area contributed by atoms with Crippen molar-refractivity contribution in [2.45, 2.75) is 6.92 Å². The largest absolute Gasteiger partial charge is 0.399 e. The smallest absolute Gasteiger partial charge is 0.0314 e. The zero-order valence-electron chi connectivity index (χ0n) is 9.56. The van der Waals surface area contributed by atoms with Gasteiger partial charge in [-0.15, -0.1) is 0 Å². The molecule has 0 amide bonds. The van der Waals surface area contributed by atoms with Crippen LogP contribution in [0.2, 0.25) is 0 Å². The maximum absolute atomic E-state index is 5.62. The lowest BCUT2D eigenvalue weighted by molar-refractivity contribution is 1.61. The highest BCUT2D eigenvalue weighted by Gasteiger charge is 1.87. The molecule has 82 valence electrons. The second-order valence-corrected chi connectivity index (χ2v) is 3.40. The number of hydrogen-bond donors (Lipinski definition) is 1. The summed E-state index contributed by atoms with van der Waals surface area (Å²) in [5.74, 6) is 0. The summed E-state index contributed by atoms with van der Waals surface area (Å²) in [6, 6.07) is 7.78. The highest BCUT2D eigenvalue weighted by atomic mass is 14.5. The first-order valence-electron chi connectivity index (χ1n) is 5.25. The number of nitrogen functional groups attached to an aromatic ring is 1. The zero-order chi connectivity index (χ0) is 11.8. The Kier molecular flexibility index (Phi) is 4.87. The highest BCUT2D eigenvalue weighted by molar-refractivity contribution is 5.57. The molecule has 0 radical (unpaired) electrons. The Morgan fingerprint density at radius 1 is 1.19 bits per heavy atom. The average molecular weight is 211 g/mol. The molecule has 0 aliphatic carbocycles. The Morgan fingerprint density at radius 2 is 1.88 bits per heavy atom. The van der Waals surface area contributed by atoms with E-state index in [-0.39, 0.29) is 0 Å². The third-order valence-electron chi connectivity index (χ3n) is 2.07. The lowest BCUT2D eigenvalue weighted by Gasteiger charge is -1.95. The molecule has 0 unspecified atom stereocenters. The Balaban J connectivity index is 2.82. The molecule has 0 aliphatic heterocycles. The van der Waals surface area contributed by atoms with Gasteiger partial charge in [-0.3, -0.25) is 0 Å². The molecule has 0 saturated heterocycles. The van der Waals surface area contributed by atoms with Crippen LogP contribution in [0.1, 0.15) is 12.5 Å². The van der Waals surface area contributed by atoms with Gasteiger partial charge in [0.05, 0.1) is 0 Å². The fourth-order valence-electron chi connectivity index (χ4n) is 1.29. The van der Waals surface area contributed by atoms with Gasteiger partial charge in [-0.25, -0.2) is 0 Å². The van der Waals surface area contributed by atoms with E-state index in [1.807, 2.05) is 55.5 Å². The number of benzene rings is 1. The monoisotopic (exact) mass is 211 g/mol. The van der Waals surface area contributed by atoms with E-state index >= 15 is 0 Å². The van der Waals surface area contributed by atoms with Crippen molar-refractivity contribution < 1.29 is 0 Å².